The first kappa shape index (κ1) is 36.9. The standard InChI is InChI=1S/C26H60O9Si5/c1-27-25-23(34-39(11,12)13)21(32-37(5,6)7)19(17-28-25)30-26-24(35-40(14,15)16)22(33-38(8,9)10)20(18-29-26)31-36(2,3)4/h19-26H,17-18H2,1-16H3/t19-,20-,21+,22+,23-,24-,25-,26+/m1/s1. The summed E-state index contributed by atoms with van der Waals surface area (Å²) in [5.74, 6) is 0. The van der Waals surface area contributed by atoms with E-state index in [0.29, 0.717) is 13.2 Å². The molecule has 0 unspecified atom stereocenters. The van der Waals surface area contributed by atoms with Crippen LogP contribution in [0.25, 0.3) is 0 Å². The van der Waals surface area contributed by atoms with Crippen molar-refractivity contribution in [2.75, 3.05) is 20.3 Å². The zero-order chi connectivity index (χ0) is 30.9. The van der Waals surface area contributed by atoms with Gasteiger partial charge in [0.15, 0.2) is 54.2 Å². The van der Waals surface area contributed by atoms with Crippen LogP contribution in [0.5, 0.6) is 0 Å². The molecule has 14 heteroatoms. The summed E-state index contributed by atoms with van der Waals surface area (Å²) >= 11 is 0. The van der Waals surface area contributed by atoms with Crippen LogP contribution in [0.3, 0.4) is 0 Å². The molecule has 40 heavy (non-hydrogen) atoms. The maximum Gasteiger partial charge on any atom is 0.185 e. The normalized spacial score (nSPS) is 33.3. The Kier molecular flexibility index (Phi) is 12.7. The minimum atomic E-state index is -2.04. The first-order chi connectivity index (χ1) is 17.9. The highest BCUT2D eigenvalue weighted by Gasteiger charge is 2.52. The molecule has 0 aromatic heterocycles. The molecule has 0 aromatic rings. The van der Waals surface area contributed by atoms with Gasteiger partial charge in [-0.25, -0.2) is 0 Å². The molecule has 2 fully saturated rings. The average Bonchev–Trinajstić information content (AvgIpc) is 2.70. The van der Waals surface area contributed by atoms with Crippen LogP contribution >= 0.6 is 0 Å². The lowest BCUT2D eigenvalue weighted by Gasteiger charge is -2.50. The summed E-state index contributed by atoms with van der Waals surface area (Å²) in [6.45, 7) is 33.4. The molecule has 0 N–H and O–H groups in total. The van der Waals surface area contributed by atoms with Crippen molar-refractivity contribution in [3.05, 3.63) is 0 Å². The second-order valence-corrected chi connectivity index (χ2v) is 38.2. The van der Waals surface area contributed by atoms with Crippen molar-refractivity contribution in [1.82, 2.24) is 0 Å². The van der Waals surface area contributed by atoms with E-state index in [1.54, 1.807) is 7.11 Å². The number of hydrogen-bond donors (Lipinski definition) is 0. The highest BCUT2D eigenvalue weighted by Crippen LogP contribution is 2.34. The Balaban J connectivity index is 2.47. The van der Waals surface area contributed by atoms with E-state index in [9.17, 15) is 0 Å². The van der Waals surface area contributed by atoms with Crippen molar-refractivity contribution in [3.63, 3.8) is 0 Å². The smallest absolute Gasteiger partial charge is 0.185 e. The van der Waals surface area contributed by atoms with Crippen LogP contribution in [0.4, 0.5) is 0 Å². The van der Waals surface area contributed by atoms with Gasteiger partial charge in [-0.2, -0.15) is 0 Å². The molecule has 0 saturated carbocycles. The van der Waals surface area contributed by atoms with Crippen molar-refractivity contribution >= 4 is 41.6 Å². The molecule has 2 aliphatic rings. The van der Waals surface area contributed by atoms with Gasteiger partial charge >= 0.3 is 0 Å². The number of rotatable bonds is 13. The second kappa shape index (κ2) is 13.8. The predicted molar refractivity (Wildman–Crippen MR) is 172 cm³/mol. The maximum atomic E-state index is 6.83. The Labute approximate surface area is 249 Å². The molecule has 0 spiro atoms. The Bertz CT molecular complexity index is 786. The number of hydrogen-bond acceptors (Lipinski definition) is 9. The van der Waals surface area contributed by atoms with Crippen LogP contribution in [0.2, 0.25) is 98.2 Å². The third-order valence-electron chi connectivity index (χ3n) is 5.77. The minimum Gasteiger partial charge on any atom is -0.410 e. The number of ether oxygens (including phenoxy) is 4. The molecule has 238 valence electrons. The summed E-state index contributed by atoms with van der Waals surface area (Å²) in [5.41, 5.74) is 0. The summed E-state index contributed by atoms with van der Waals surface area (Å²) < 4.78 is 58.9. The minimum absolute atomic E-state index is 0.225. The van der Waals surface area contributed by atoms with Crippen LogP contribution in [0, 0.1) is 0 Å². The molecule has 9 nitrogen and oxygen atoms in total. The third kappa shape index (κ3) is 12.8. The summed E-state index contributed by atoms with van der Waals surface area (Å²) in [4.78, 5) is 0. The van der Waals surface area contributed by atoms with Crippen molar-refractivity contribution in [1.29, 1.82) is 0 Å². The van der Waals surface area contributed by atoms with Gasteiger partial charge in [-0.3, -0.25) is 0 Å². The highest BCUT2D eigenvalue weighted by molar-refractivity contribution is 6.71. The summed E-state index contributed by atoms with van der Waals surface area (Å²) in [7, 11) is -8.23. The highest BCUT2D eigenvalue weighted by atomic mass is 28.4. The van der Waals surface area contributed by atoms with E-state index in [2.05, 4.69) is 98.2 Å². The quantitative estimate of drug-likeness (QED) is 0.227. The second-order valence-electron chi connectivity index (χ2n) is 15.9. The number of methoxy groups -OCH3 is 1. The molecular weight excluding hydrogens is 597 g/mol. The van der Waals surface area contributed by atoms with Gasteiger partial charge in [-0.15, -0.1) is 0 Å². The maximum absolute atomic E-state index is 6.83. The fourth-order valence-electron chi connectivity index (χ4n) is 4.82. The molecule has 2 aliphatic heterocycles. The largest absolute Gasteiger partial charge is 0.410 e. The first-order valence-electron chi connectivity index (χ1n) is 14.7. The third-order valence-corrected chi connectivity index (χ3v) is 10.7. The SMILES string of the molecule is CO[C@@H]1OC[C@@H](O[C@@H]2OC[C@@H](O[Si](C)(C)C)[C@H](O[Si](C)(C)C)[C@H]2O[Si](C)(C)C)[C@H](O[Si](C)(C)C)[C@H]1O[Si](C)(C)C. The lowest BCUT2D eigenvalue weighted by Crippen LogP contribution is -2.65. The molecular formula is C26H60O9Si5. The van der Waals surface area contributed by atoms with Gasteiger partial charge in [0.05, 0.1) is 19.3 Å². The van der Waals surface area contributed by atoms with Crippen molar-refractivity contribution < 1.29 is 41.1 Å². The fraction of sp³-hybridized carbons (Fsp3) is 1.00. The van der Waals surface area contributed by atoms with Crippen LogP contribution in [-0.2, 0) is 41.1 Å². The molecule has 2 rings (SSSR count). The Morgan fingerprint density at radius 3 is 1.15 bits per heavy atom. The van der Waals surface area contributed by atoms with E-state index in [1.165, 1.54) is 0 Å². The zero-order valence-corrected chi connectivity index (χ0v) is 33.2. The summed E-state index contributed by atoms with van der Waals surface area (Å²) in [6, 6.07) is 0. The first-order valence-corrected chi connectivity index (χ1v) is 31.7. The average molecular weight is 657 g/mol. The van der Waals surface area contributed by atoms with Gasteiger partial charge in [0.25, 0.3) is 0 Å². The van der Waals surface area contributed by atoms with E-state index < -0.39 is 72.5 Å². The van der Waals surface area contributed by atoms with E-state index in [0.717, 1.165) is 0 Å². The van der Waals surface area contributed by atoms with Gasteiger partial charge in [-0.1, -0.05) is 0 Å². The molecule has 0 radical (unpaired) electrons. The molecule has 0 bridgehead atoms. The lowest BCUT2D eigenvalue weighted by molar-refractivity contribution is -0.317. The lowest BCUT2D eigenvalue weighted by atomic mass is 10.0. The van der Waals surface area contributed by atoms with Crippen LogP contribution in [-0.4, -0.2) is 111 Å². The van der Waals surface area contributed by atoms with Gasteiger partial charge in [0.2, 0.25) is 0 Å². The van der Waals surface area contributed by atoms with Crippen molar-refractivity contribution in [2.24, 2.45) is 0 Å². The van der Waals surface area contributed by atoms with E-state index in [4.69, 9.17) is 41.1 Å². The zero-order valence-electron chi connectivity index (χ0n) is 28.2. The van der Waals surface area contributed by atoms with E-state index in [-0.39, 0.29) is 18.3 Å². The van der Waals surface area contributed by atoms with Crippen LogP contribution in [0.1, 0.15) is 0 Å². The van der Waals surface area contributed by atoms with E-state index >= 15 is 0 Å². The Hall–Kier alpha value is 0.724. The molecule has 0 amide bonds. The molecule has 0 aromatic carbocycles. The van der Waals surface area contributed by atoms with Gasteiger partial charge in [0, 0.05) is 7.11 Å². The molecule has 8 atom stereocenters. The Morgan fingerprint density at radius 1 is 0.425 bits per heavy atom. The summed E-state index contributed by atoms with van der Waals surface area (Å²) in [6.07, 6.45) is -3.40. The predicted octanol–water partition coefficient (Wildman–Crippen LogP) is 5.83. The van der Waals surface area contributed by atoms with Gasteiger partial charge in [0.1, 0.15) is 30.5 Å². The van der Waals surface area contributed by atoms with Crippen molar-refractivity contribution in [2.45, 2.75) is 147 Å². The monoisotopic (exact) mass is 656 g/mol. The van der Waals surface area contributed by atoms with Crippen LogP contribution < -0.4 is 0 Å². The Morgan fingerprint density at radius 2 is 0.750 bits per heavy atom. The molecule has 2 saturated heterocycles. The van der Waals surface area contributed by atoms with E-state index in [1.807, 2.05) is 0 Å². The molecule has 2 heterocycles. The van der Waals surface area contributed by atoms with Gasteiger partial charge < -0.3 is 41.1 Å². The topological polar surface area (TPSA) is 83.1 Å². The summed E-state index contributed by atoms with van der Waals surface area (Å²) in [5, 5.41) is 0. The fourth-order valence-corrected chi connectivity index (χ4v) is 10.3. The molecule has 0 aliphatic carbocycles. The van der Waals surface area contributed by atoms with Gasteiger partial charge in [-0.05, 0) is 98.2 Å². The van der Waals surface area contributed by atoms with Crippen molar-refractivity contribution in [3.8, 4) is 0 Å². The van der Waals surface area contributed by atoms with Crippen LogP contribution in [0.15, 0.2) is 0 Å².